The van der Waals surface area contributed by atoms with Crippen molar-refractivity contribution < 1.29 is 4.79 Å². The van der Waals surface area contributed by atoms with Crippen molar-refractivity contribution in [3.8, 4) is 0 Å². The molecule has 0 radical (unpaired) electrons. The fourth-order valence-corrected chi connectivity index (χ4v) is 4.36. The van der Waals surface area contributed by atoms with Gasteiger partial charge in [0.25, 0.3) is 5.91 Å². The summed E-state index contributed by atoms with van der Waals surface area (Å²) in [4.78, 5) is 20.5. The van der Waals surface area contributed by atoms with Crippen molar-refractivity contribution in [2.24, 2.45) is 10.4 Å². The summed E-state index contributed by atoms with van der Waals surface area (Å²) in [5.41, 5.74) is 2.42. The van der Waals surface area contributed by atoms with Crippen molar-refractivity contribution in [3.63, 3.8) is 0 Å². The number of benzene rings is 1. The molecule has 1 saturated heterocycles. The zero-order valence-corrected chi connectivity index (χ0v) is 16.4. The molecule has 2 aliphatic rings. The van der Waals surface area contributed by atoms with Crippen molar-refractivity contribution in [3.05, 3.63) is 35.4 Å². The number of hydrogen-bond donors (Lipinski definition) is 1. The summed E-state index contributed by atoms with van der Waals surface area (Å²) in [5.74, 6) is 1.04. The van der Waals surface area contributed by atoms with Crippen LogP contribution in [0, 0.1) is 5.41 Å². The van der Waals surface area contributed by atoms with Crippen molar-refractivity contribution in [1.29, 1.82) is 0 Å². The zero-order valence-electron chi connectivity index (χ0n) is 16.4. The maximum Gasteiger partial charge on any atom is 0.253 e. The highest BCUT2D eigenvalue weighted by atomic mass is 16.2. The van der Waals surface area contributed by atoms with Crippen LogP contribution < -0.4 is 5.32 Å². The molecule has 142 valence electrons. The molecule has 0 unspecified atom stereocenters. The second kappa shape index (κ2) is 8.11. The molecule has 1 aliphatic heterocycles. The van der Waals surface area contributed by atoms with Crippen molar-refractivity contribution in [2.45, 2.75) is 45.1 Å². The number of aliphatic imine (C=N–C) groups is 1. The van der Waals surface area contributed by atoms with Gasteiger partial charge in [-0.05, 0) is 42.4 Å². The van der Waals surface area contributed by atoms with E-state index in [4.69, 9.17) is 0 Å². The fourth-order valence-electron chi connectivity index (χ4n) is 4.36. The summed E-state index contributed by atoms with van der Waals surface area (Å²) in [5, 5.41) is 3.50. The van der Waals surface area contributed by atoms with Gasteiger partial charge in [0.1, 0.15) is 0 Å². The number of carbonyl (C=O) groups is 1. The van der Waals surface area contributed by atoms with Crippen LogP contribution in [0.4, 0.5) is 0 Å². The predicted molar refractivity (Wildman–Crippen MR) is 106 cm³/mol. The van der Waals surface area contributed by atoms with Crippen LogP contribution in [0.2, 0.25) is 0 Å². The molecule has 1 spiro atoms. The lowest BCUT2D eigenvalue weighted by Gasteiger charge is -2.33. The van der Waals surface area contributed by atoms with Gasteiger partial charge in [-0.2, -0.15) is 0 Å². The summed E-state index contributed by atoms with van der Waals surface area (Å²) in [7, 11) is 5.42. The molecule has 1 heterocycles. The van der Waals surface area contributed by atoms with Crippen LogP contribution in [-0.2, 0) is 6.54 Å². The second-order valence-electron chi connectivity index (χ2n) is 8.03. The third-order valence-electron chi connectivity index (χ3n) is 5.92. The van der Waals surface area contributed by atoms with Gasteiger partial charge < -0.3 is 15.1 Å². The molecule has 1 saturated carbocycles. The van der Waals surface area contributed by atoms with E-state index < -0.39 is 0 Å². The van der Waals surface area contributed by atoms with Gasteiger partial charge in [0, 0.05) is 46.3 Å². The van der Waals surface area contributed by atoms with Crippen molar-refractivity contribution in [2.75, 3.05) is 34.2 Å². The molecule has 1 N–H and O–H groups in total. The molecule has 0 aromatic heterocycles. The Balaban J connectivity index is 1.55. The van der Waals surface area contributed by atoms with Crippen LogP contribution in [0.5, 0.6) is 0 Å². The summed E-state index contributed by atoms with van der Waals surface area (Å²) in [6, 6.07) is 7.83. The Hall–Kier alpha value is -2.04. The minimum absolute atomic E-state index is 0.0372. The second-order valence-corrected chi connectivity index (χ2v) is 8.03. The standard InChI is InChI=1S/C21H32N4O/c1-22-20(25-14-13-21(16-25)11-5-4-6-12-21)23-15-17-7-9-18(10-8-17)19(26)24(2)3/h7-10H,4-6,11-16H2,1-3H3,(H,22,23). The van der Waals surface area contributed by atoms with E-state index in [1.165, 1.54) is 38.5 Å². The molecule has 1 amide bonds. The van der Waals surface area contributed by atoms with Gasteiger partial charge in [0.15, 0.2) is 5.96 Å². The summed E-state index contributed by atoms with van der Waals surface area (Å²) >= 11 is 0. The van der Waals surface area contributed by atoms with Gasteiger partial charge in [-0.25, -0.2) is 0 Å². The number of likely N-dealkylation sites (tertiary alicyclic amines) is 1. The van der Waals surface area contributed by atoms with Gasteiger partial charge in [-0.15, -0.1) is 0 Å². The Bertz CT molecular complexity index is 644. The van der Waals surface area contributed by atoms with E-state index in [0.717, 1.165) is 36.7 Å². The van der Waals surface area contributed by atoms with E-state index in [1.807, 2.05) is 31.3 Å². The maximum atomic E-state index is 12.0. The van der Waals surface area contributed by atoms with Crippen LogP contribution in [0.15, 0.2) is 29.3 Å². The number of amides is 1. The van der Waals surface area contributed by atoms with E-state index in [0.29, 0.717) is 5.41 Å². The molecule has 26 heavy (non-hydrogen) atoms. The highest BCUT2D eigenvalue weighted by molar-refractivity contribution is 5.93. The van der Waals surface area contributed by atoms with Crippen LogP contribution >= 0.6 is 0 Å². The maximum absolute atomic E-state index is 12.0. The van der Waals surface area contributed by atoms with Crippen LogP contribution in [-0.4, -0.2) is 55.9 Å². The molecule has 2 fully saturated rings. The number of hydrogen-bond acceptors (Lipinski definition) is 2. The normalized spacial score (nSPS) is 19.7. The first-order chi connectivity index (χ1) is 12.5. The average Bonchev–Trinajstić information content (AvgIpc) is 3.06. The summed E-state index contributed by atoms with van der Waals surface area (Å²) in [6.45, 7) is 2.98. The highest BCUT2D eigenvalue weighted by Gasteiger charge is 2.39. The van der Waals surface area contributed by atoms with Crippen molar-refractivity contribution in [1.82, 2.24) is 15.1 Å². The van der Waals surface area contributed by atoms with E-state index in [-0.39, 0.29) is 5.91 Å². The molecule has 0 bridgehead atoms. The SMILES string of the molecule is CN=C(NCc1ccc(C(=O)N(C)C)cc1)N1CCC2(CCCCC2)C1. The fraction of sp³-hybridized carbons (Fsp3) is 0.619. The molecule has 5 heteroatoms. The average molecular weight is 357 g/mol. The van der Waals surface area contributed by atoms with E-state index in [2.05, 4.69) is 15.2 Å². The van der Waals surface area contributed by atoms with E-state index in [9.17, 15) is 4.79 Å². The lowest BCUT2D eigenvalue weighted by molar-refractivity contribution is 0.0827. The first-order valence-corrected chi connectivity index (χ1v) is 9.79. The topological polar surface area (TPSA) is 47.9 Å². The minimum Gasteiger partial charge on any atom is -0.352 e. The lowest BCUT2D eigenvalue weighted by atomic mass is 9.73. The number of carbonyl (C=O) groups excluding carboxylic acids is 1. The van der Waals surface area contributed by atoms with Crippen LogP contribution in [0.3, 0.4) is 0 Å². The Morgan fingerprint density at radius 2 is 1.85 bits per heavy atom. The number of nitrogens with one attached hydrogen (secondary N) is 1. The Labute approximate surface area is 157 Å². The summed E-state index contributed by atoms with van der Waals surface area (Å²) < 4.78 is 0. The Kier molecular flexibility index (Phi) is 5.84. The smallest absolute Gasteiger partial charge is 0.253 e. The van der Waals surface area contributed by atoms with Crippen molar-refractivity contribution >= 4 is 11.9 Å². The molecule has 5 nitrogen and oxygen atoms in total. The molecule has 1 aromatic carbocycles. The molecular formula is C21H32N4O. The van der Waals surface area contributed by atoms with Gasteiger partial charge >= 0.3 is 0 Å². The first-order valence-electron chi connectivity index (χ1n) is 9.79. The third kappa shape index (κ3) is 4.19. The lowest BCUT2D eigenvalue weighted by Crippen LogP contribution is -2.41. The van der Waals surface area contributed by atoms with Gasteiger partial charge in [0.05, 0.1) is 0 Å². The van der Waals surface area contributed by atoms with Gasteiger partial charge in [-0.1, -0.05) is 31.4 Å². The number of nitrogens with zero attached hydrogens (tertiary/aromatic N) is 3. The molecule has 1 aromatic rings. The van der Waals surface area contributed by atoms with E-state index >= 15 is 0 Å². The van der Waals surface area contributed by atoms with Crippen LogP contribution in [0.1, 0.15) is 54.4 Å². The molecule has 3 rings (SSSR count). The highest BCUT2D eigenvalue weighted by Crippen LogP contribution is 2.43. The zero-order chi connectivity index (χ0) is 18.6. The molecular weight excluding hydrogens is 324 g/mol. The van der Waals surface area contributed by atoms with E-state index in [1.54, 1.807) is 19.0 Å². The minimum atomic E-state index is 0.0372. The quantitative estimate of drug-likeness (QED) is 0.669. The monoisotopic (exact) mass is 356 g/mol. The Morgan fingerprint density at radius 3 is 2.46 bits per heavy atom. The largest absolute Gasteiger partial charge is 0.352 e. The first kappa shape index (κ1) is 18.7. The van der Waals surface area contributed by atoms with Crippen LogP contribution in [0.25, 0.3) is 0 Å². The van der Waals surface area contributed by atoms with Gasteiger partial charge in [0.2, 0.25) is 0 Å². The molecule has 1 aliphatic carbocycles. The number of guanidine groups is 1. The molecule has 0 atom stereocenters. The van der Waals surface area contributed by atoms with Gasteiger partial charge in [-0.3, -0.25) is 9.79 Å². The summed E-state index contributed by atoms with van der Waals surface area (Å²) in [6.07, 6.45) is 8.23. The third-order valence-corrected chi connectivity index (χ3v) is 5.92. The number of rotatable bonds is 3. The Morgan fingerprint density at radius 1 is 1.15 bits per heavy atom. The predicted octanol–water partition coefficient (Wildman–Crippen LogP) is 3.12.